The van der Waals surface area contributed by atoms with Crippen LogP contribution in [0.15, 0.2) is 24.3 Å². The SMILES string of the molecule is Cc1ccc(C2CCNc3c(C)c(C)nn32)cc1. The van der Waals surface area contributed by atoms with Gasteiger partial charge >= 0.3 is 0 Å². The van der Waals surface area contributed by atoms with E-state index in [0.717, 1.165) is 18.7 Å². The molecule has 1 aromatic heterocycles. The molecule has 0 saturated carbocycles. The Hall–Kier alpha value is -1.77. The zero-order valence-electron chi connectivity index (χ0n) is 11.2. The van der Waals surface area contributed by atoms with Crippen molar-refractivity contribution in [1.29, 1.82) is 0 Å². The van der Waals surface area contributed by atoms with Crippen LogP contribution in [0.1, 0.15) is 34.8 Å². The molecule has 94 valence electrons. The van der Waals surface area contributed by atoms with Gasteiger partial charge in [-0.25, -0.2) is 4.68 Å². The monoisotopic (exact) mass is 241 g/mol. The molecule has 18 heavy (non-hydrogen) atoms. The number of nitrogens with one attached hydrogen (secondary N) is 1. The van der Waals surface area contributed by atoms with Gasteiger partial charge in [0.15, 0.2) is 0 Å². The second-order valence-corrected chi connectivity index (χ2v) is 5.15. The molecular formula is C15H19N3. The third kappa shape index (κ3) is 1.70. The minimum Gasteiger partial charge on any atom is -0.370 e. The summed E-state index contributed by atoms with van der Waals surface area (Å²) >= 11 is 0. The predicted octanol–water partition coefficient (Wildman–Crippen LogP) is 3.21. The molecule has 0 radical (unpaired) electrons. The van der Waals surface area contributed by atoms with Crippen LogP contribution >= 0.6 is 0 Å². The van der Waals surface area contributed by atoms with Crippen LogP contribution in [0.3, 0.4) is 0 Å². The fraction of sp³-hybridized carbons (Fsp3) is 0.400. The van der Waals surface area contributed by atoms with Gasteiger partial charge in [-0.2, -0.15) is 5.10 Å². The van der Waals surface area contributed by atoms with Gasteiger partial charge in [0.1, 0.15) is 5.82 Å². The molecule has 3 rings (SSSR count). The molecule has 1 aliphatic heterocycles. The molecule has 1 unspecified atom stereocenters. The van der Waals surface area contributed by atoms with Crippen molar-refractivity contribution in [1.82, 2.24) is 9.78 Å². The van der Waals surface area contributed by atoms with E-state index in [2.05, 4.69) is 60.1 Å². The number of benzene rings is 1. The Morgan fingerprint density at radius 2 is 1.89 bits per heavy atom. The first-order valence-corrected chi connectivity index (χ1v) is 6.53. The van der Waals surface area contributed by atoms with Crippen molar-refractivity contribution in [2.75, 3.05) is 11.9 Å². The average Bonchev–Trinajstić information content (AvgIpc) is 2.67. The molecule has 1 aliphatic rings. The van der Waals surface area contributed by atoms with Crippen molar-refractivity contribution in [2.24, 2.45) is 0 Å². The van der Waals surface area contributed by atoms with E-state index in [1.807, 2.05) is 0 Å². The van der Waals surface area contributed by atoms with E-state index in [0.29, 0.717) is 6.04 Å². The highest BCUT2D eigenvalue weighted by molar-refractivity contribution is 5.49. The van der Waals surface area contributed by atoms with Crippen molar-refractivity contribution < 1.29 is 0 Å². The van der Waals surface area contributed by atoms with Gasteiger partial charge in [-0.15, -0.1) is 0 Å². The molecule has 1 atom stereocenters. The highest BCUT2D eigenvalue weighted by Gasteiger charge is 2.24. The maximum absolute atomic E-state index is 4.69. The van der Waals surface area contributed by atoms with Gasteiger partial charge in [-0.05, 0) is 32.8 Å². The molecule has 2 aromatic rings. The van der Waals surface area contributed by atoms with Crippen LogP contribution in [0.25, 0.3) is 0 Å². The molecule has 0 saturated heterocycles. The number of rotatable bonds is 1. The topological polar surface area (TPSA) is 29.9 Å². The lowest BCUT2D eigenvalue weighted by atomic mass is 10.0. The summed E-state index contributed by atoms with van der Waals surface area (Å²) in [5, 5.41) is 8.15. The van der Waals surface area contributed by atoms with E-state index in [-0.39, 0.29) is 0 Å². The first-order valence-electron chi connectivity index (χ1n) is 6.53. The van der Waals surface area contributed by atoms with Gasteiger partial charge in [0.25, 0.3) is 0 Å². The fourth-order valence-corrected chi connectivity index (χ4v) is 2.61. The third-order valence-electron chi connectivity index (χ3n) is 3.85. The number of aromatic nitrogens is 2. The molecule has 0 bridgehead atoms. The van der Waals surface area contributed by atoms with Crippen molar-refractivity contribution in [2.45, 2.75) is 33.2 Å². The second-order valence-electron chi connectivity index (χ2n) is 5.15. The molecule has 3 heteroatoms. The van der Waals surface area contributed by atoms with E-state index in [1.54, 1.807) is 0 Å². The maximum Gasteiger partial charge on any atom is 0.128 e. The molecule has 0 fully saturated rings. The summed E-state index contributed by atoms with van der Waals surface area (Å²) in [6, 6.07) is 9.18. The van der Waals surface area contributed by atoms with E-state index < -0.39 is 0 Å². The Labute approximate surface area is 108 Å². The Bertz CT molecular complexity index is 566. The molecule has 1 aromatic carbocycles. The van der Waals surface area contributed by atoms with Crippen molar-refractivity contribution in [3.8, 4) is 0 Å². The molecule has 2 heterocycles. The summed E-state index contributed by atoms with van der Waals surface area (Å²) in [6.45, 7) is 7.36. The molecular weight excluding hydrogens is 222 g/mol. The third-order valence-corrected chi connectivity index (χ3v) is 3.85. The van der Waals surface area contributed by atoms with E-state index in [9.17, 15) is 0 Å². The summed E-state index contributed by atoms with van der Waals surface area (Å²) < 4.78 is 2.15. The summed E-state index contributed by atoms with van der Waals surface area (Å²) in [5.74, 6) is 1.18. The van der Waals surface area contributed by atoms with Crippen LogP contribution in [0.5, 0.6) is 0 Å². The van der Waals surface area contributed by atoms with Crippen LogP contribution in [-0.4, -0.2) is 16.3 Å². The van der Waals surface area contributed by atoms with Crippen LogP contribution in [0.2, 0.25) is 0 Å². The largest absolute Gasteiger partial charge is 0.370 e. The first kappa shape index (κ1) is 11.3. The standard InChI is InChI=1S/C15H19N3/c1-10-4-6-13(7-5-10)14-8-9-16-15-11(2)12(3)17-18(14)15/h4-7,14,16H,8-9H2,1-3H3. The molecule has 0 aliphatic carbocycles. The summed E-state index contributed by atoms with van der Waals surface area (Å²) in [6.07, 6.45) is 1.09. The predicted molar refractivity (Wildman–Crippen MR) is 74.1 cm³/mol. The lowest BCUT2D eigenvalue weighted by molar-refractivity contribution is 0.479. The molecule has 1 N–H and O–H groups in total. The number of hydrogen-bond acceptors (Lipinski definition) is 2. The zero-order chi connectivity index (χ0) is 12.7. The lowest BCUT2D eigenvalue weighted by Crippen LogP contribution is -2.24. The number of hydrogen-bond donors (Lipinski definition) is 1. The van der Waals surface area contributed by atoms with Gasteiger partial charge in [-0.1, -0.05) is 29.8 Å². The van der Waals surface area contributed by atoms with E-state index in [4.69, 9.17) is 0 Å². The van der Waals surface area contributed by atoms with Gasteiger partial charge in [0.2, 0.25) is 0 Å². The lowest BCUT2D eigenvalue weighted by Gasteiger charge is -2.26. The van der Waals surface area contributed by atoms with Gasteiger partial charge < -0.3 is 5.32 Å². The highest BCUT2D eigenvalue weighted by Crippen LogP contribution is 2.32. The summed E-state index contributed by atoms with van der Waals surface area (Å²) in [4.78, 5) is 0. The smallest absolute Gasteiger partial charge is 0.128 e. The number of fused-ring (bicyclic) bond motifs is 1. The zero-order valence-corrected chi connectivity index (χ0v) is 11.2. The van der Waals surface area contributed by atoms with E-state index in [1.165, 1.54) is 22.5 Å². The molecule has 0 spiro atoms. The van der Waals surface area contributed by atoms with Crippen LogP contribution < -0.4 is 5.32 Å². The summed E-state index contributed by atoms with van der Waals surface area (Å²) in [7, 11) is 0. The quantitative estimate of drug-likeness (QED) is 0.830. The fourth-order valence-electron chi connectivity index (χ4n) is 2.61. The Morgan fingerprint density at radius 1 is 1.17 bits per heavy atom. The number of aryl methyl sites for hydroxylation is 2. The average molecular weight is 241 g/mol. The molecule has 0 amide bonds. The highest BCUT2D eigenvalue weighted by atomic mass is 15.4. The minimum absolute atomic E-state index is 0.370. The van der Waals surface area contributed by atoms with Gasteiger partial charge in [0, 0.05) is 12.1 Å². The normalized spacial score (nSPS) is 18.3. The van der Waals surface area contributed by atoms with Crippen LogP contribution in [0, 0.1) is 20.8 Å². The Morgan fingerprint density at radius 3 is 2.61 bits per heavy atom. The van der Waals surface area contributed by atoms with Gasteiger partial charge in [0.05, 0.1) is 11.7 Å². The summed E-state index contributed by atoms with van der Waals surface area (Å²) in [5.41, 5.74) is 5.05. The van der Waals surface area contributed by atoms with Crippen molar-refractivity contribution in [3.05, 3.63) is 46.6 Å². The first-order chi connectivity index (χ1) is 8.66. The Kier molecular flexibility index (Phi) is 2.62. The maximum atomic E-state index is 4.69. The van der Waals surface area contributed by atoms with E-state index >= 15 is 0 Å². The number of anilines is 1. The number of nitrogens with zero attached hydrogens (tertiary/aromatic N) is 2. The molecule has 3 nitrogen and oxygen atoms in total. The Balaban J connectivity index is 2.06. The van der Waals surface area contributed by atoms with Gasteiger partial charge in [-0.3, -0.25) is 0 Å². The van der Waals surface area contributed by atoms with Crippen LogP contribution in [0.4, 0.5) is 5.82 Å². The van der Waals surface area contributed by atoms with Crippen molar-refractivity contribution >= 4 is 5.82 Å². The van der Waals surface area contributed by atoms with Crippen molar-refractivity contribution in [3.63, 3.8) is 0 Å². The van der Waals surface area contributed by atoms with Crippen LogP contribution in [-0.2, 0) is 0 Å². The minimum atomic E-state index is 0.370. The second kappa shape index (κ2) is 4.16.